The molecule has 0 aromatic carbocycles. The second kappa shape index (κ2) is 4.28. The summed E-state index contributed by atoms with van der Waals surface area (Å²) in [5.41, 5.74) is 6.15. The van der Waals surface area contributed by atoms with E-state index in [4.69, 9.17) is 5.73 Å². The van der Waals surface area contributed by atoms with E-state index in [9.17, 15) is 4.79 Å². The molecule has 1 saturated carbocycles. The van der Waals surface area contributed by atoms with Gasteiger partial charge in [-0.15, -0.1) is 0 Å². The molecule has 1 aromatic heterocycles. The van der Waals surface area contributed by atoms with Crippen LogP contribution < -0.4 is 11.3 Å². The van der Waals surface area contributed by atoms with Gasteiger partial charge in [-0.05, 0) is 25.7 Å². The third-order valence-corrected chi connectivity index (χ3v) is 3.61. The first-order chi connectivity index (χ1) is 7.58. The average molecular weight is 221 g/mol. The number of nitrogens with zero attached hydrogens (tertiary/aromatic N) is 1. The smallest absolute Gasteiger partial charge is 0.255 e. The molecule has 0 radical (unpaired) electrons. The first-order valence-electron chi connectivity index (χ1n) is 5.94. The fourth-order valence-electron chi connectivity index (χ4n) is 2.29. The van der Waals surface area contributed by atoms with Gasteiger partial charge in [0.1, 0.15) is 11.6 Å². The number of H-pyrrole nitrogens is 1. The van der Waals surface area contributed by atoms with E-state index in [2.05, 4.69) is 16.9 Å². The Labute approximate surface area is 95.3 Å². The van der Waals surface area contributed by atoms with Crippen LogP contribution in [0, 0.1) is 12.8 Å². The molecule has 4 nitrogen and oxygen atoms in total. The van der Waals surface area contributed by atoms with Crippen LogP contribution >= 0.6 is 0 Å². The highest BCUT2D eigenvalue weighted by Gasteiger charge is 2.22. The fourth-order valence-corrected chi connectivity index (χ4v) is 2.29. The summed E-state index contributed by atoms with van der Waals surface area (Å²) in [4.78, 5) is 18.8. The summed E-state index contributed by atoms with van der Waals surface area (Å²) >= 11 is 0. The molecule has 1 aromatic rings. The summed E-state index contributed by atoms with van der Waals surface area (Å²) in [5, 5.41) is 0. The van der Waals surface area contributed by atoms with Gasteiger partial charge < -0.3 is 10.7 Å². The first kappa shape index (κ1) is 11.2. The zero-order valence-electron chi connectivity index (χ0n) is 9.92. The van der Waals surface area contributed by atoms with Gasteiger partial charge in [0, 0.05) is 5.92 Å². The number of nitrogen functional groups attached to an aromatic ring is 1. The third-order valence-electron chi connectivity index (χ3n) is 3.61. The molecule has 1 heterocycles. The minimum atomic E-state index is -0.0962. The molecule has 0 saturated heterocycles. The predicted molar refractivity (Wildman–Crippen MR) is 64.4 cm³/mol. The maximum atomic E-state index is 11.6. The molecule has 1 aliphatic rings. The molecule has 0 aliphatic heterocycles. The highest BCUT2D eigenvalue weighted by Crippen LogP contribution is 2.33. The van der Waals surface area contributed by atoms with Crippen molar-refractivity contribution in [3.8, 4) is 0 Å². The number of nitrogens with one attached hydrogen (secondary N) is 1. The SMILES string of the molecule is Cc1c(N)nc(C2CCC(C)CC2)[nH]c1=O. The standard InChI is InChI=1S/C12H19N3O/c1-7-3-5-9(6-4-7)11-14-10(13)8(2)12(16)15-11/h7,9H,3-6H2,1-2H3,(H3,13,14,15,16). The zero-order valence-corrected chi connectivity index (χ0v) is 9.92. The van der Waals surface area contributed by atoms with Crippen LogP contribution in [0.3, 0.4) is 0 Å². The predicted octanol–water partition coefficient (Wildman–Crippen LogP) is 1.95. The molecule has 88 valence electrons. The molecular weight excluding hydrogens is 202 g/mol. The summed E-state index contributed by atoms with van der Waals surface area (Å²) < 4.78 is 0. The maximum Gasteiger partial charge on any atom is 0.255 e. The Balaban J connectivity index is 2.24. The highest BCUT2D eigenvalue weighted by atomic mass is 16.1. The van der Waals surface area contributed by atoms with Crippen LogP contribution in [-0.2, 0) is 0 Å². The summed E-state index contributed by atoms with van der Waals surface area (Å²) in [6.45, 7) is 3.98. The maximum absolute atomic E-state index is 11.6. The van der Waals surface area contributed by atoms with Crippen LogP contribution in [0.15, 0.2) is 4.79 Å². The number of rotatable bonds is 1. The Bertz CT molecular complexity index is 430. The van der Waals surface area contributed by atoms with E-state index >= 15 is 0 Å². The Hall–Kier alpha value is -1.32. The molecule has 2 rings (SSSR count). The third kappa shape index (κ3) is 2.10. The molecular formula is C12H19N3O. The summed E-state index contributed by atoms with van der Waals surface area (Å²) in [5.74, 6) is 2.33. The van der Waals surface area contributed by atoms with E-state index in [1.807, 2.05) is 0 Å². The number of aromatic amines is 1. The zero-order chi connectivity index (χ0) is 11.7. The second-order valence-corrected chi connectivity index (χ2v) is 4.92. The summed E-state index contributed by atoms with van der Waals surface area (Å²) in [7, 11) is 0. The Morgan fingerprint density at radius 3 is 2.50 bits per heavy atom. The van der Waals surface area contributed by atoms with E-state index in [0.29, 0.717) is 17.3 Å². The lowest BCUT2D eigenvalue weighted by Crippen LogP contribution is -2.21. The monoisotopic (exact) mass is 221 g/mol. The van der Waals surface area contributed by atoms with Crippen LogP contribution in [0.2, 0.25) is 0 Å². The van der Waals surface area contributed by atoms with Gasteiger partial charge >= 0.3 is 0 Å². The Morgan fingerprint density at radius 1 is 1.31 bits per heavy atom. The van der Waals surface area contributed by atoms with E-state index < -0.39 is 0 Å². The molecule has 16 heavy (non-hydrogen) atoms. The lowest BCUT2D eigenvalue weighted by atomic mass is 9.82. The van der Waals surface area contributed by atoms with Gasteiger partial charge in [0.15, 0.2) is 0 Å². The van der Waals surface area contributed by atoms with Crippen molar-refractivity contribution >= 4 is 5.82 Å². The van der Waals surface area contributed by atoms with Crippen molar-refractivity contribution in [1.82, 2.24) is 9.97 Å². The summed E-state index contributed by atoms with van der Waals surface area (Å²) in [6.07, 6.45) is 4.63. The number of aromatic nitrogens is 2. The fraction of sp³-hybridized carbons (Fsp3) is 0.667. The van der Waals surface area contributed by atoms with Crippen molar-refractivity contribution in [3.05, 3.63) is 21.7 Å². The van der Waals surface area contributed by atoms with Crippen molar-refractivity contribution in [1.29, 1.82) is 0 Å². The van der Waals surface area contributed by atoms with Crippen molar-refractivity contribution in [3.63, 3.8) is 0 Å². The Morgan fingerprint density at radius 2 is 1.94 bits per heavy atom. The first-order valence-corrected chi connectivity index (χ1v) is 5.94. The van der Waals surface area contributed by atoms with Crippen LogP contribution in [0.4, 0.5) is 5.82 Å². The van der Waals surface area contributed by atoms with E-state index in [1.54, 1.807) is 6.92 Å². The number of nitrogens with two attached hydrogens (primary N) is 1. The van der Waals surface area contributed by atoms with Crippen LogP contribution in [-0.4, -0.2) is 9.97 Å². The van der Waals surface area contributed by atoms with Gasteiger partial charge in [-0.25, -0.2) is 4.98 Å². The minimum absolute atomic E-state index is 0.0962. The molecule has 0 spiro atoms. The largest absolute Gasteiger partial charge is 0.383 e. The molecule has 0 bridgehead atoms. The molecule has 3 N–H and O–H groups in total. The lowest BCUT2D eigenvalue weighted by Gasteiger charge is -2.25. The second-order valence-electron chi connectivity index (χ2n) is 4.92. The van der Waals surface area contributed by atoms with E-state index in [0.717, 1.165) is 24.6 Å². The average Bonchev–Trinajstić information content (AvgIpc) is 2.26. The van der Waals surface area contributed by atoms with Crippen LogP contribution in [0.5, 0.6) is 0 Å². The van der Waals surface area contributed by atoms with Gasteiger partial charge in [-0.1, -0.05) is 19.8 Å². The van der Waals surface area contributed by atoms with Crippen LogP contribution in [0.25, 0.3) is 0 Å². The Kier molecular flexibility index (Phi) is 2.99. The number of hydrogen-bond donors (Lipinski definition) is 2. The topological polar surface area (TPSA) is 71.8 Å². The van der Waals surface area contributed by atoms with Gasteiger partial charge in [0.25, 0.3) is 5.56 Å². The molecule has 1 aliphatic carbocycles. The van der Waals surface area contributed by atoms with Crippen molar-refractivity contribution in [2.45, 2.75) is 45.4 Å². The van der Waals surface area contributed by atoms with Crippen molar-refractivity contribution in [2.24, 2.45) is 5.92 Å². The van der Waals surface area contributed by atoms with Gasteiger partial charge in [0.05, 0.1) is 5.56 Å². The number of anilines is 1. The molecule has 1 fully saturated rings. The quantitative estimate of drug-likeness (QED) is 0.761. The number of hydrogen-bond acceptors (Lipinski definition) is 3. The molecule has 0 atom stereocenters. The molecule has 4 heteroatoms. The van der Waals surface area contributed by atoms with Gasteiger partial charge in [-0.3, -0.25) is 4.79 Å². The van der Waals surface area contributed by atoms with E-state index in [1.165, 1.54) is 12.8 Å². The lowest BCUT2D eigenvalue weighted by molar-refractivity contribution is 0.339. The normalized spacial score (nSPS) is 25.6. The van der Waals surface area contributed by atoms with Crippen molar-refractivity contribution in [2.75, 3.05) is 5.73 Å². The van der Waals surface area contributed by atoms with Crippen LogP contribution in [0.1, 0.15) is 49.9 Å². The molecule has 0 unspecified atom stereocenters. The summed E-state index contributed by atoms with van der Waals surface area (Å²) in [6, 6.07) is 0. The van der Waals surface area contributed by atoms with E-state index in [-0.39, 0.29) is 5.56 Å². The minimum Gasteiger partial charge on any atom is -0.383 e. The van der Waals surface area contributed by atoms with Gasteiger partial charge in [0.2, 0.25) is 0 Å². The highest BCUT2D eigenvalue weighted by molar-refractivity contribution is 5.36. The van der Waals surface area contributed by atoms with Crippen molar-refractivity contribution < 1.29 is 0 Å². The van der Waals surface area contributed by atoms with Gasteiger partial charge in [-0.2, -0.15) is 0 Å². The molecule has 0 amide bonds.